The van der Waals surface area contributed by atoms with Crippen LogP contribution in [0.1, 0.15) is 29.9 Å². The van der Waals surface area contributed by atoms with Gasteiger partial charge in [0.2, 0.25) is 0 Å². The van der Waals surface area contributed by atoms with Gasteiger partial charge in [-0.1, -0.05) is 26.0 Å². The fourth-order valence-corrected chi connectivity index (χ4v) is 2.05. The van der Waals surface area contributed by atoms with Crippen molar-refractivity contribution in [2.75, 3.05) is 6.61 Å². The Balaban J connectivity index is 2.26. The first-order valence-corrected chi connectivity index (χ1v) is 7.23. The summed E-state index contributed by atoms with van der Waals surface area (Å²) >= 11 is 0. The normalized spacial score (nSPS) is 10.6. The molecule has 0 radical (unpaired) electrons. The predicted molar refractivity (Wildman–Crippen MR) is 86.4 cm³/mol. The molecule has 1 heterocycles. The van der Waals surface area contributed by atoms with Crippen molar-refractivity contribution in [2.24, 2.45) is 11.8 Å². The van der Waals surface area contributed by atoms with Crippen molar-refractivity contribution in [3.8, 4) is 17.0 Å². The second-order valence-corrected chi connectivity index (χ2v) is 5.54. The Morgan fingerprint density at radius 2 is 2.09 bits per heavy atom. The third-order valence-corrected chi connectivity index (χ3v) is 3.17. The molecule has 2 rings (SSSR count). The van der Waals surface area contributed by atoms with Crippen LogP contribution in [0.3, 0.4) is 0 Å². The van der Waals surface area contributed by atoms with Crippen molar-refractivity contribution in [3.05, 3.63) is 47.7 Å². The maximum Gasteiger partial charge on any atom is 0.267 e. The van der Waals surface area contributed by atoms with Crippen LogP contribution in [0.25, 0.3) is 11.3 Å². The van der Waals surface area contributed by atoms with Crippen molar-refractivity contribution in [1.82, 2.24) is 10.4 Å². The van der Waals surface area contributed by atoms with Gasteiger partial charge in [0.15, 0.2) is 0 Å². The van der Waals surface area contributed by atoms with Gasteiger partial charge in [-0.25, -0.2) is 5.84 Å². The molecule has 0 spiro atoms. The van der Waals surface area contributed by atoms with E-state index in [-0.39, 0.29) is 5.91 Å². The topological polar surface area (TPSA) is 77.2 Å². The fourth-order valence-electron chi connectivity index (χ4n) is 2.05. The number of rotatable bonds is 5. The zero-order valence-electron chi connectivity index (χ0n) is 13.1. The number of amides is 1. The number of nitrogens with one attached hydrogen (secondary N) is 1. The average molecular weight is 299 g/mol. The SMILES string of the molecule is Cc1nc(-c2cccc(OCC(C)C)c2)ccc1C(=O)NN. The van der Waals surface area contributed by atoms with Crippen LogP contribution in [0.4, 0.5) is 0 Å². The third-order valence-electron chi connectivity index (χ3n) is 3.17. The first-order chi connectivity index (χ1) is 10.5. The number of nitrogens with zero attached hydrogens (tertiary/aromatic N) is 1. The number of carbonyl (C=O) groups is 1. The van der Waals surface area contributed by atoms with Crippen LogP contribution in [0.15, 0.2) is 36.4 Å². The lowest BCUT2D eigenvalue weighted by molar-refractivity contribution is 0.0952. The molecule has 1 amide bonds. The summed E-state index contributed by atoms with van der Waals surface area (Å²) in [5.74, 6) is 6.10. The van der Waals surface area contributed by atoms with E-state index in [9.17, 15) is 4.79 Å². The maximum absolute atomic E-state index is 11.6. The van der Waals surface area contributed by atoms with Gasteiger partial charge < -0.3 is 4.74 Å². The Morgan fingerprint density at radius 1 is 1.32 bits per heavy atom. The van der Waals surface area contributed by atoms with Crippen molar-refractivity contribution in [3.63, 3.8) is 0 Å². The van der Waals surface area contributed by atoms with Gasteiger partial charge in [-0.05, 0) is 37.1 Å². The number of hydrogen-bond donors (Lipinski definition) is 2. The largest absolute Gasteiger partial charge is 0.493 e. The molecule has 0 saturated carbocycles. The molecule has 0 unspecified atom stereocenters. The molecule has 1 aromatic heterocycles. The van der Waals surface area contributed by atoms with Gasteiger partial charge in [0, 0.05) is 5.56 Å². The summed E-state index contributed by atoms with van der Waals surface area (Å²) in [6, 6.07) is 11.3. The first-order valence-electron chi connectivity index (χ1n) is 7.23. The molecule has 116 valence electrons. The van der Waals surface area contributed by atoms with E-state index >= 15 is 0 Å². The minimum absolute atomic E-state index is 0.342. The van der Waals surface area contributed by atoms with E-state index in [0.717, 1.165) is 17.0 Å². The second-order valence-electron chi connectivity index (χ2n) is 5.54. The summed E-state index contributed by atoms with van der Waals surface area (Å²) in [4.78, 5) is 16.1. The Kier molecular flexibility index (Phi) is 5.12. The second kappa shape index (κ2) is 7.04. The van der Waals surface area contributed by atoms with E-state index in [1.165, 1.54) is 0 Å². The highest BCUT2D eigenvalue weighted by molar-refractivity contribution is 5.95. The molecule has 0 aliphatic carbocycles. The van der Waals surface area contributed by atoms with Crippen LogP contribution in [0.2, 0.25) is 0 Å². The van der Waals surface area contributed by atoms with E-state index in [1.807, 2.05) is 24.3 Å². The molecule has 0 bridgehead atoms. The molecule has 5 heteroatoms. The van der Waals surface area contributed by atoms with E-state index in [4.69, 9.17) is 10.6 Å². The first kappa shape index (κ1) is 16.0. The van der Waals surface area contributed by atoms with Crippen LogP contribution in [0.5, 0.6) is 5.75 Å². The van der Waals surface area contributed by atoms with Gasteiger partial charge in [0.05, 0.1) is 23.6 Å². The van der Waals surface area contributed by atoms with Gasteiger partial charge in [0.1, 0.15) is 5.75 Å². The van der Waals surface area contributed by atoms with Gasteiger partial charge in [-0.3, -0.25) is 15.2 Å². The quantitative estimate of drug-likeness (QED) is 0.505. The lowest BCUT2D eigenvalue weighted by atomic mass is 10.1. The van der Waals surface area contributed by atoms with E-state index in [1.54, 1.807) is 19.1 Å². The number of aromatic nitrogens is 1. The number of aryl methyl sites for hydroxylation is 1. The maximum atomic E-state index is 11.6. The van der Waals surface area contributed by atoms with Gasteiger partial charge in [-0.15, -0.1) is 0 Å². The summed E-state index contributed by atoms with van der Waals surface area (Å²) in [5.41, 5.74) is 4.96. The molecular formula is C17H21N3O2. The zero-order chi connectivity index (χ0) is 16.1. The lowest BCUT2D eigenvalue weighted by Gasteiger charge is -2.11. The Morgan fingerprint density at radius 3 is 2.73 bits per heavy atom. The summed E-state index contributed by atoms with van der Waals surface area (Å²) in [6.45, 7) is 6.67. The molecule has 22 heavy (non-hydrogen) atoms. The predicted octanol–water partition coefficient (Wildman–Crippen LogP) is 2.70. The van der Waals surface area contributed by atoms with E-state index < -0.39 is 0 Å². The minimum atomic E-state index is -0.342. The number of pyridine rings is 1. The van der Waals surface area contributed by atoms with E-state index in [0.29, 0.717) is 23.8 Å². The fraction of sp³-hybridized carbons (Fsp3) is 0.294. The zero-order valence-corrected chi connectivity index (χ0v) is 13.1. The molecule has 3 N–H and O–H groups in total. The van der Waals surface area contributed by atoms with Crippen molar-refractivity contribution >= 4 is 5.91 Å². The van der Waals surface area contributed by atoms with Crippen LogP contribution in [-0.4, -0.2) is 17.5 Å². The van der Waals surface area contributed by atoms with E-state index in [2.05, 4.69) is 24.3 Å². The number of nitrogens with two attached hydrogens (primary N) is 1. The lowest BCUT2D eigenvalue weighted by Crippen LogP contribution is -2.30. The highest BCUT2D eigenvalue weighted by atomic mass is 16.5. The minimum Gasteiger partial charge on any atom is -0.493 e. The summed E-state index contributed by atoms with van der Waals surface area (Å²) in [6.07, 6.45) is 0. The molecule has 1 aromatic carbocycles. The standard InChI is InChI=1S/C17H21N3O2/c1-11(2)10-22-14-6-4-5-13(9-14)16-8-7-15(12(3)19-16)17(21)20-18/h4-9,11H,10,18H2,1-3H3,(H,20,21). The molecule has 0 aliphatic rings. The Labute approximate surface area is 130 Å². The number of carbonyl (C=O) groups excluding carboxylic acids is 1. The van der Waals surface area contributed by atoms with Crippen LogP contribution < -0.4 is 16.0 Å². The highest BCUT2D eigenvalue weighted by Gasteiger charge is 2.10. The summed E-state index contributed by atoms with van der Waals surface area (Å²) < 4.78 is 5.73. The summed E-state index contributed by atoms with van der Waals surface area (Å²) in [7, 11) is 0. The monoisotopic (exact) mass is 299 g/mol. The number of nitrogen functional groups attached to an aromatic ring is 1. The van der Waals surface area contributed by atoms with Crippen molar-refractivity contribution in [1.29, 1.82) is 0 Å². The van der Waals surface area contributed by atoms with Crippen molar-refractivity contribution in [2.45, 2.75) is 20.8 Å². The van der Waals surface area contributed by atoms with Gasteiger partial charge >= 0.3 is 0 Å². The number of ether oxygens (including phenoxy) is 1. The number of benzene rings is 1. The Bertz CT molecular complexity index is 669. The molecule has 0 atom stereocenters. The molecule has 2 aromatic rings. The van der Waals surface area contributed by atoms with Crippen molar-refractivity contribution < 1.29 is 9.53 Å². The van der Waals surface area contributed by atoms with Crippen LogP contribution in [-0.2, 0) is 0 Å². The van der Waals surface area contributed by atoms with Crippen LogP contribution >= 0.6 is 0 Å². The Hall–Kier alpha value is -2.40. The molecule has 0 aliphatic heterocycles. The number of hydrazine groups is 1. The third kappa shape index (κ3) is 3.83. The van der Waals surface area contributed by atoms with Crippen LogP contribution in [0, 0.1) is 12.8 Å². The molecule has 0 saturated heterocycles. The smallest absolute Gasteiger partial charge is 0.267 e. The number of hydrogen-bond acceptors (Lipinski definition) is 4. The highest BCUT2D eigenvalue weighted by Crippen LogP contribution is 2.23. The molecular weight excluding hydrogens is 278 g/mol. The average Bonchev–Trinajstić information content (AvgIpc) is 2.52. The van der Waals surface area contributed by atoms with Gasteiger partial charge in [-0.2, -0.15) is 0 Å². The molecule has 0 fully saturated rings. The molecule has 5 nitrogen and oxygen atoms in total. The summed E-state index contributed by atoms with van der Waals surface area (Å²) in [5, 5.41) is 0. The van der Waals surface area contributed by atoms with Gasteiger partial charge in [0.25, 0.3) is 5.91 Å².